The number of amides is 1. The summed E-state index contributed by atoms with van der Waals surface area (Å²) < 4.78 is 17.1. The molecular formula is C27H27NO5. The van der Waals surface area contributed by atoms with Crippen LogP contribution in [0.25, 0.3) is 22.1 Å². The van der Waals surface area contributed by atoms with Gasteiger partial charge in [-0.25, -0.2) is 4.79 Å². The number of carbonyl (C=O) groups is 1. The lowest BCUT2D eigenvalue weighted by Gasteiger charge is -2.19. The van der Waals surface area contributed by atoms with E-state index in [1.807, 2.05) is 87.5 Å². The standard InChI is InChI=1S/C27H27NO5/c1-27(2,3)33-26(30)28-15-18-8-7-9-19(12-18)20-13-23-21(16-29)17-31-25(23)24(14-20)32-22-10-5-4-6-11-22/h4-14,17,29H,15-16H2,1-3H3,(H,28,30). The number of aliphatic hydroxyl groups excluding tert-OH is 1. The molecule has 2 N–H and O–H groups in total. The van der Waals surface area contributed by atoms with E-state index in [4.69, 9.17) is 13.9 Å². The Kier molecular flexibility index (Phi) is 6.38. The Morgan fingerprint density at radius 1 is 1.00 bits per heavy atom. The van der Waals surface area contributed by atoms with Gasteiger partial charge in [-0.2, -0.15) is 0 Å². The molecule has 0 radical (unpaired) electrons. The summed E-state index contributed by atoms with van der Waals surface area (Å²) in [4.78, 5) is 12.0. The number of benzene rings is 3. The summed E-state index contributed by atoms with van der Waals surface area (Å²) in [5, 5.41) is 13.3. The Morgan fingerprint density at radius 3 is 2.52 bits per heavy atom. The highest BCUT2D eigenvalue weighted by molar-refractivity contribution is 5.91. The fourth-order valence-corrected chi connectivity index (χ4v) is 3.49. The fraction of sp³-hybridized carbons (Fsp3) is 0.222. The van der Waals surface area contributed by atoms with Crippen LogP contribution >= 0.6 is 0 Å². The summed E-state index contributed by atoms with van der Waals surface area (Å²) in [6.07, 6.45) is 1.09. The second kappa shape index (κ2) is 9.38. The van der Waals surface area contributed by atoms with E-state index in [0.29, 0.717) is 29.2 Å². The number of hydrogen-bond donors (Lipinski definition) is 2. The molecule has 3 aromatic carbocycles. The van der Waals surface area contributed by atoms with Gasteiger partial charge in [-0.1, -0.05) is 36.4 Å². The van der Waals surface area contributed by atoms with Gasteiger partial charge in [0, 0.05) is 17.5 Å². The Labute approximate surface area is 192 Å². The van der Waals surface area contributed by atoms with Crippen LogP contribution in [0.2, 0.25) is 0 Å². The van der Waals surface area contributed by atoms with Crippen LogP contribution in [-0.2, 0) is 17.9 Å². The first-order chi connectivity index (χ1) is 15.8. The zero-order valence-corrected chi connectivity index (χ0v) is 18.9. The number of para-hydroxylation sites is 1. The minimum Gasteiger partial charge on any atom is -0.460 e. The second-order valence-electron chi connectivity index (χ2n) is 8.74. The van der Waals surface area contributed by atoms with E-state index >= 15 is 0 Å². The Bertz CT molecular complexity index is 1250. The van der Waals surface area contributed by atoms with E-state index in [9.17, 15) is 9.90 Å². The van der Waals surface area contributed by atoms with Crippen molar-refractivity contribution in [1.29, 1.82) is 0 Å². The number of aliphatic hydroxyl groups is 1. The highest BCUT2D eigenvalue weighted by Crippen LogP contribution is 2.38. The number of nitrogens with one attached hydrogen (secondary N) is 1. The maximum atomic E-state index is 12.0. The summed E-state index contributed by atoms with van der Waals surface area (Å²) in [7, 11) is 0. The van der Waals surface area contributed by atoms with Crippen LogP contribution in [0.15, 0.2) is 77.4 Å². The number of fused-ring (bicyclic) bond motifs is 1. The number of alkyl carbamates (subject to hydrolysis) is 1. The van der Waals surface area contributed by atoms with E-state index in [1.165, 1.54) is 0 Å². The Balaban J connectivity index is 1.65. The van der Waals surface area contributed by atoms with Gasteiger partial charge in [-0.3, -0.25) is 0 Å². The predicted molar refractivity (Wildman–Crippen MR) is 127 cm³/mol. The zero-order chi connectivity index (χ0) is 23.4. The molecule has 4 aromatic rings. The van der Waals surface area contributed by atoms with Crippen molar-refractivity contribution in [2.45, 2.75) is 39.5 Å². The molecule has 6 heteroatoms. The molecule has 0 fully saturated rings. The highest BCUT2D eigenvalue weighted by Gasteiger charge is 2.17. The first kappa shape index (κ1) is 22.4. The zero-order valence-electron chi connectivity index (χ0n) is 18.9. The summed E-state index contributed by atoms with van der Waals surface area (Å²) in [6.45, 7) is 5.69. The average Bonchev–Trinajstić information content (AvgIpc) is 3.21. The van der Waals surface area contributed by atoms with E-state index < -0.39 is 11.7 Å². The first-order valence-corrected chi connectivity index (χ1v) is 10.8. The van der Waals surface area contributed by atoms with Crippen LogP contribution in [0.3, 0.4) is 0 Å². The molecule has 0 saturated carbocycles. The molecule has 4 rings (SSSR count). The second-order valence-corrected chi connectivity index (χ2v) is 8.74. The van der Waals surface area contributed by atoms with Gasteiger partial charge < -0.3 is 24.3 Å². The van der Waals surface area contributed by atoms with Crippen molar-refractivity contribution < 1.29 is 23.8 Å². The van der Waals surface area contributed by atoms with Crippen molar-refractivity contribution >= 4 is 17.1 Å². The minimum absolute atomic E-state index is 0.138. The largest absolute Gasteiger partial charge is 0.460 e. The third kappa shape index (κ3) is 5.54. The number of hydrogen-bond acceptors (Lipinski definition) is 5. The molecule has 0 saturated heterocycles. The first-order valence-electron chi connectivity index (χ1n) is 10.8. The van der Waals surface area contributed by atoms with Gasteiger partial charge in [0.2, 0.25) is 0 Å². The van der Waals surface area contributed by atoms with Crippen LogP contribution in [0.1, 0.15) is 31.9 Å². The summed E-state index contributed by atoms with van der Waals surface area (Å²) in [5.74, 6) is 1.25. The van der Waals surface area contributed by atoms with E-state index in [-0.39, 0.29) is 6.61 Å². The van der Waals surface area contributed by atoms with Gasteiger partial charge in [0.1, 0.15) is 11.4 Å². The molecule has 0 aliphatic carbocycles. The average molecular weight is 446 g/mol. The maximum Gasteiger partial charge on any atom is 0.407 e. The monoisotopic (exact) mass is 445 g/mol. The highest BCUT2D eigenvalue weighted by atomic mass is 16.6. The Hall–Kier alpha value is -3.77. The van der Waals surface area contributed by atoms with Crippen molar-refractivity contribution in [2.75, 3.05) is 0 Å². The molecule has 0 unspecified atom stereocenters. The number of carbonyl (C=O) groups excluding carboxylic acids is 1. The van der Waals surface area contributed by atoms with E-state index in [1.54, 1.807) is 6.26 Å². The van der Waals surface area contributed by atoms with Crippen molar-refractivity contribution in [3.8, 4) is 22.6 Å². The number of furan rings is 1. The molecule has 0 aliphatic rings. The van der Waals surface area contributed by atoms with Crippen molar-refractivity contribution in [3.05, 3.63) is 84.1 Å². The molecule has 0 spiro atoms. The maximum absolute atomic E-state index is 12.0. The summed E-state index contributed by atoms with van der Waals surface area (Å²) >= 11 is 0. The molecule has 1 amide bonds. The van der Waals surface area contributed by atoms with Crippen molar-refractivity contribution in [3.63, 3.8) is 0 Å². The molecule has 0 aliphatic heterocycles. The fourth-order valence-electron chi connectivity index (χ4n) is 3.49. The van der Waals surface area contributed by atoms with E-state index in [2.05, 4.69) is 5.32 Å². The lowest BCUT2D eigenvalue weighted by molar-refractivity contribution is 0.0523. The number of rotatable bonds is 6. The molecule has 0 bridgehead atoms. The third-order valence-corrected chi connectivity index (χ3v) is 4.96. The predicted octanol–water partition coefficient (Wildman–Crippen LogP) is 6.41. The summed E-state index contributed by atoms with van der Waals surface area (Å²) in [6, 6.07) is 21.2. The minimum atomic E-state index is -0.550. The van der Waals surface area contributed by atoms with E-state index in [0.717, 1.165) is 22.1 Å². The molecular weight excluding hydrogens is 418 g/mol. The Morgan fingerprint density at radius 2 is 1.79 bits per heavy atom. The molecule has 1 aromatic heterocycles. The molecule has 6 nitrogen and oxygen atoms in total. The van der Waals surface area contributed by atoms with Crippen LogP contribution in [0, 0.1) is 0 Å². The lowest BCUT2D eigenvalue weighted by Crippen LogP contribution is -2.32. The third-order valence-electron chi connectivity index (χ3n) is 4.96. The molecule has 0 atom stereocenters. The van der Waals surface area contributed by atoms with Gasteiger partial charge in [0.15, 0.2) is 11.3 Å². The summed E-state index contributed by atoms with van der Waals surface area (Å²) in [5.41, 5.74) is 3.50. The normalized spacial score (nSPS) is 11.4. The van der Waals surface area contributed by atoms with Crippen molar-refractivity contribution in [1.82, 2.24) is 5.32 Å². The number of ether oxygens (including phenoxy) is 2. The molecule has 1 heterocycles. The van der Waals surface area contributed by atoms with Gasteiger partial charge >= 0.3 is 6.09 Å². The smallest absolute Gasteiger partial charge is 0.407 e. The van der Waals surface area contributed by atoms with Crippen LogP contribution in [-0.4, -0.2) is 16.8 Å². The molecule has 170 valence electrons. The van der Waals surface area contributed by atoms with Crippen LogP contribution in [0.4, 0.5) is 4.79 Å². The van der Waals surface area contributed by atoms with Gasteiger partial charge in [0.25, 0.3) is 0 Å². The van der Waals surface area contributed by atoms with Gasteiger partial charge in [0.05, 0.1) is 12.9 Å². The lowest BCUT2D eigenvalue weighted by atomic mass is 10.00. The van der Waals surface area contributed by atoms with Gasteiger partial charge in [-0.15, -0.1) is 0 Å². The SMILES string of the molecule is CC(C)(C)OC(=O)NCc1cccc(-c2cc(Oc3ccccc3)c3occ(CO)c3c2)c1. The van der Waals surface area contributed by atoms with Crippen LogP contribution < -0.4 is 10.1 Å². The molecule has 33 heavy (non-hydrogen) atoms. The quantitative estimate of drug-likeness (QED) is 0.358. The topological polar surface area (TPSA) is 80.9 Å². The van der Waals surface area contributed by atoms with Gasteiger partial charge in [-0.05, 0) is 67.8 Å². The van der Waals surface area contributed by atoms with Crippen LogP contribution in [0.5, 0.6) is 11.5 Å². The van der Waals surface area contributed by atoms with Crippen molar-refractivity contribution in [2.24, 2.45) is 0 Å².